The van der Waals surface area contributed by atoms with E-state index in [0.717, 1.165) is 12.8 Å². The highest BCUT2D eigenvalue weighted by Gasteiger charge is 2.29. The van der Waals surface area contributed by atoms with Crippen molar-refractivity contribution in [3.63, 3.8) is 0 Å². The summed E-state index contributed by atoms with van der Waals surface area (Å²) in [7, 11) is 0. The lowest BCUT2D eigenvalue weighted by Gasteiger charge is -2.06. The summed E-state index contributed by atoms with van der Waals surface area (Å²) in [5.74, 6) is -0.151. The lowest BCUT2D eigenvalue weighted by molar-refractivity contribution is 0.111. The van der Waals surface area contributed by atoms with E-state index in [2.05, 4.69) is 4.98 Å². The van der Waals surface area contributed by atoms with E-state index in [1.807, 2.05) is 19.9 Å². The van der Waals surface area contributed by atoms with E-state index < -0.39 is 5.82 Å². The number of para-hydroxylation sites is 1. The Bertz CT molecular complexity index is 576. The van der Waals surface area contributed by atoms with E-state index in [-0.39, 0.29) is 11.5 Å². The molecule has 1 aromatic heterocycles. The van der Waals surface area contributed by atoms with Gasteiger partial charge in [0.15, 0.2) is 6.29 Å². The van der Waals surface area contributed by atoms with E-state index in [0.29, 0.717) is 22.9 Å². The van der Waals surface area contributed by atoms with Crippen LogP contribution >= 0.6 is 0 Å². The molecule has 1 aliphatic carbocycles. The number of nitrogens with zero attached hydrogens (tertiary/aromatic N) is 1. The maximum Gasteiger partial charge on any atom is 0.154 e. The smallest absolute Gasteiger partial charge is 0.154 e. The summed E-state index contributed by atoms with van der Waals surface area (Å²) in [6.07, 6.45) is 2.60. The van der Waals surface area contributed by atoms with Gasteiger partial charge in [-0.15, -0.1) is 0 Å². The molecular weight excluding hydrogens is 229 g/mol. The Hall–Kier alpha value is -1.77. The maximum absolute atomic E-state index is 14.0. The molecule has 2 aromatic rings. The lowest BCUT2D eigenvalue weighted by atomic mass is 10.1. The van der Waals surface area contributed by atoms with Crippen LogP contribution in [0.15, 0.2) is 24.3 Å². The molecule has 0 unspecified atom stereocenters. The molecule has 0 aliphatic heterocycles. The van der Waals surface area contributed by atoms with Crippen LogP contribution in [0, 0.1) is 5.82 Å². The Morgan fingerprint density at radius 2 is 1.94 bits per heavy atom. The summed E-state index contributed by atoms with van der Waals surface area (Å²) in [4.78, 5) is 15.3. The fourth-order valence-electron chi connectivity index (χ4n) is 1.98. The highest BCUT2D eigenvalue weighted by Crippen LogP contribution is 2.41. The first-order chi connectivity index (χ1) is 8.81. The minimum absolute atomic E-state index is 0.140. The van der Waals surface area contributed by atoms with Crippen molar-refractivity contribution in [3.05, 3.63) is 41.3 Å². The number of pyridine rings is 1. The van der Waals surface area contributed by atoms with Crippen LogP contribution in [-0.4, -0.2) is 11.3 Å². The third kappa shape index (κ3) is 2.13. The topological polar surface area (TPSA) is 30.0 Å². The van der Waals surface area contributed by atoms with Crippen LogP contribution < -0.4 is 0 Å². The molecule has 0 saturated heterocycles. The molecule has 1 aliphatic rings. The first-order valence-electron chi connectivity index (χ1n) is 6.34. The summed E-state index contributed by atoms with van der Waals surface area (Å²) >= 11 is 0. The predicted molar refractivity (Wildman–Crippen MR) is 70.4 cm³/mol. The monoisotopic (exact) mass is 245 g/mol. The highest BCUT2D eigenvalue weighted by atomic mass is 19.1. The highest BCUT2D eigenvalue weighted by molar-refractivity contribution is 5.88. The Kier molecular flexibility index (Phi) is 3.70. The van der Waals surface area contributed by atoms with Gasteiger partial charge in [0, 0.05) is 11.3 Å². The number of fused-ring (bicyclic) bond motifs is 1. The first kappa shape index (κ1) is 12.7. The summed E-state index contributed by atoms with van der Waals surface area (Å²) in [6.45, 7) is 4.00. The second-order valence-corrected chi connectivity index (χ2v) is 4.13. The molecule has 2 nitrogen and oxygen atoms in total. The minimum Gasteiger partial charge on any atom is -0.298 e. The van der Waals surface area contributed by atoms with Crippen molar-refractivity contribution < 1.29 is 9.18 Å². The molecule has 0 N–H and O–H groups in total. The molecule has 1 fully saturated rings. The zero-order valence-corrected chi connectivity index (χ0v) is 10.6. The quantitative estimate of drug-likeness (QED) is 0.746. The van der Waals surface area contributed by atoms with Crippen molar-refractivity contribution in [1.29, 1.82) is 0 Å². The summed E-state index contributed by atoms with van der Waals surface area (Å²) < 4.78 is 14.0. The van der Waals surface area contributed by atoms with Crippen LogP contribution in [0.3, 0.4) is 0 Å². The van der Waals surface area contributed by atoms with Gasteiger partial charge in [0.2, 0.25) is 0 Å². The van der Waals surface area contributed by atoms with Crippen molar-refractivity contribution >= 4 is 17.2 Å². The largest absolute Gasteiger partial charge is 0.298 e. The molecule has 0 amide bonds. The van der Waals surface area contributed by atoms with Crippen molar-refractivity contribution in [2.75, 3.05) is 0 Å². The van der Waals surface area contributed by atoms with E-state index in [1.165, 1.54) is 0 Å². The molecule has 1 aromatic carbocycles. The van der Waals surface area contributed by atoms with Gasteiger partial charge in [0.05, 0.1) is 16.8 Å². The SMILES string of the molecule is CC.O=Cc1c(C2CC2)nc2ccccc2c1F. The average Bonchev–Trinajstić information content (AvgIpc) is 3.25. The summed E-state index contributed by atoms with van der Waals surface area (Å²) in [5, 5.41) is 0.425. The number of carbonyl (C=O) groups excluding carboxylic acids is 1. The summed E-state index contributed by atoms with van der Waals surface area (Å²) in [5.41, 5.74) is 1.40. The van der Waals surface area contributed by atoms with Gasteiger partial charge in [-0.25, -0.2) is 4.39 Å². The Balaban J connectivity index is 0.000000574. The molecule has 3 heteroatoms. The molecule has 0 spiro atoms. The number of aromatic nitrogens is 1. The second kappa shape index (κ2) is 5.25. The van der Waals surface area contributed by atoms with Gasteiger partial charge in [0.1, 0.15) is 5.82 Å². The zero-order valence-electron chi connectivity index (χ0n) is 10.6. The molecule has 3 rings (SSSR count). The Labute approximate surface area is 106 Å². The van der Waals surface area contributed by atoms with Crippen molar-refractivity contribution in [2.24, 2.45) is 0 Å². The van der Waals surface area contributed by atoms with Crippen LogP contribution in [0.1, 0.15) is 48.7 Å². The van der Waals surface area contributed by atoms with Crippen LogP contribution in [0.25, 0.3) is 10.9 Å². The number of rotatable bonds is 2. The van der Waals surface area contributed by atoms with E-state index >= 15 is 0 Å². The van der Waals surface area contributed by atoms with E-state index in [4.69, 9.17) is 0 Å². The number of hydrogen-bond donors (Lipinski definition) is 0. The average molecular weight is 245 g/mol. The Morgan fingerprint density at radius 3 is 2.56 bits per heavy atom. The van der Waals surface area contributed by atoms with E-state index in [9.17, 15) is 9.18 Å². The standard InChI is InChI=1S/C13H10FNO.C2H6/c14-12-9-3-1-2-4-11(9)15-13(8-5-6-8)10(12)7-16;1-2/h1-4,7-8H,5-6H2;1-2H3. The van der Waals surface area contributed by atoms with Gasteiger partial charge in [-0.05, 0) is 25.0 Å². The van der Waals surface area contributed by atoms with Gasteiger partial charge in [-0.2, -0.15) is 0 Å². The molecule has 1 heterocycles. The number of carbonyl (C=O) groups is 1. The predicted octanol–water partition coefficient (Wildman–Crippen LogP) is 4.09. The van der Waals surface area contributed by atoms with Crippen LogP contribution in [0.2, 0.25) is 0 Å². The number of benzene rings is 1. The van der Waals surface area contributed by atoms with Gasteiger partial charge in [0.25, 0.3) is 0 Å². The molecule has 0 radical (unpaired) electrons. The van der Waals surface area contributed by atoms with Crippen LogP contribution in [-0.2, 0) is 0 Å². The lowest BCUT2D eigenvalue weighted by Crippen LogP contribution is -2.00. The second-order valence-electron chi connectivity index (χ2n) is 4.13. The number of hydrogen-bond acceptors (Lipinski definition) is 2. The van der Waals surface area contributed by atoms with Gasteiger partial charge in [-0.1, -0.05) is 26.0 Å². The van der Waals surface area contributed by atoms with Crippen molar-refractivity contribution in [1.82, 2.24) is 4.98 Å². The fourth-order valence-corrected chi connectivity index (χ4v) is 1.98. The third-order valence-corrected chi connectivity index (χ3v) is 2.98. The van der Waals surface area contributed by atoms with Gasteiger partial charge < -0.3 is 0 Å². The van der Waals surface area contributed by atoms with Gasteiger partial charge in [-0.3, -0.25) is 9.78 Å². The van der Waals surface area contributed by atoms with Crippen LogP contribution in [0.4, 0.5) is 4.39 Å². The Morgan fingerprint density at radius 1 is 1.28 bits per heavy atom. The third-order valence-electron chi connectivity index (χ3n) is 2.98. The van der Waals surface area contributed by atoms with Crippen molar-refractivity contribution in [3.8, 4) is 0 Å². The maximum atomic E-state index is 14.0. The molecule has 0 atom stereocenters. The molecule has 0 bridgehead atoms. The summed E-state index contributed by atoms with van der Waals surface area (Å²) in [6, 6.07) is 7.00. The fraction of sp³-hybridized carbons (Fsp3) is 0.333. The number of halogens is 1. The van der Waals surface area contributed by atoms with Gasteiger partial charge >= 0.3 is 0 Å². The molecule has 94 valence electrons. The zero-order chi connectivity index (χ0) is 13.1. The molecule has 18 heavy (non-hydrogen) atoms. The first-order valence-corrected chi connectivity index (χ1v) is 6.34. The molecular formula is C15H16FNO. The number of aldehydes is 1. The van der Waals surface area contributed by atoms with Crippen LogP contribution in [0.5, 0.6) is 0 Å². The normalized spacial score (nSPS) is 13.9. The molecule has 1 saturated carbocycles. The van der Waals surface area contributed by atoms with E-state index in [1.54, 1.807) is 18.2 Å². The van der Waals surface area contributed by atoms with Crippen molar-refractivity contribution in [2.45, 2.75) is 32.6 Å². The minimum atomic E-state index is -0.428.